The van der Waals surface area contributed by atoms with Gasteiger partial charge in [-0.2, -0.15) is 0 Å². The predicted molar refractivity (Wildman–Crippen MR) is 109 cm³/mol. The molecular formula is C23H24ClNO2. The maximum absolute atomic E-state index is 12.8. The Bertz CT molecular complexity index is 835. The number of Topliss-reactive ketones (excluding diaryl/α,β-unsaturated/α-hetero) is 1. The van der Waals surface area contributed by atoms with Crippen molar-refractivity contribution in [3.05, 3.63) is 70.2 Å². The Morgan fingerprint density at radius 3 is 2.78 bits per heavy atom. The number of nitrogens with zero attached hydrogens (tertiary/aromatic N) is 1. The van der Waals surface area contributed by atoms with E-state index in [-0.39, 0.29) is 18.3 Å². The summed E-state index contributed by atoms with van der Waals surface area (Å²) in [4.78, 5) is 15.2. The number of ketones is 1. The highest BCUT2D eigenvalue weighted by atomic mass is 35.5. The van der Waals surface area contributed by atoms with Crippen molar-refractivity contribution in [3.63, 3.8) is 0 Å². The summed E-state index contributed by atoms with van der Waals surface area (Å²) >= 11 is 6.03. The summed E-state index contributed by atoms with van der Waals surface area (Å²) in [5.74, 6) is 6.19. The van der Waals surface area contributed by atoms with Crippen molar-refractivity contribution in [1.29, 1.82) is 0 Å². The Labute approximate surface area is 166 Å². The van der Waals surface area contributed by atoms with Crippen molar-refractivity contribution in [2.45, 2.75) is 25.8 Å². The van der Waals surface area contributed by atoms with Crippen LogP contribution < -0.4 is 0 Å². The molecule has 1 aliphatic heterocycles. The molecule has 0 unspecified atom stereocenters. The quantitative estimate of drug-likeness (QED) is 0.624. The average Bonchev–Trinajstić information content (AvgIpc) is 2.69. The van der Waals surface area contributed by atoms with E-state index in [1.54, 1.807) is 12.1 Å². The van der Waals surface area contributed by atoms with Crippen molar-refractivity contribution in [2.24, 2.45) is 5.92 Å². The molecule has 1 atom stereocenters. The predicted octanol–water partition coefficient (Wildman–Crippen LogP) is 4.17. The van der Waals surface area contributed by atoms with Crippen LogP contribution in [0.5, 0.6) is 0 Å². The second-order valence-electron chi connectivity index (χ2n) is 6.92. The molecule has 1 N–H and O–H groups in total. The number of likely N-dealkylation sites (tertiary alicyclic amines) is 1. The summed E-state index contributed by atoms with van der Waals surface area (Å²) in [6.45, 7) is 2.72. The zero-order chi connectivity index (χ0) is 19.1. The SMILES string of the molecule is O=C(c1cccc(Cl)c1)[C@H]1CCCN(Cc2ccc(C#CCCO)cc2)C1. The van der Waals surface area contributed by atoms with Crippen LogP contribution in [0, 0.1) is 17.8 Å². The number of hydrogen-bond donors (Lipinski definition) is 1. The lowest BCUT2D eigenvalue weighted by molar-refractivity contribution is 0.0811. The number of carbonyl (C=O) groups is 1. The minimum atomic E-state index is 0.0286. The van der Waals surface area contributed by atoms with E-state index in [4.69, 9.17) is 16.7 Å². The standard InChI is InChI=1S/C23H24ClNO2/c24-22-8-3-6-20(15-22)23(27)21-7-4-13-25(17-21)16-19-11-9-18(10-12-19)5-1-2-14-26/h3,6,8-12,15,21,26H,2,4,7,13-14,16-17H2/t21-/m0/s1. The molecule has 2 aromatic rings. The van der Waals surface area contributed by atoms with Gasteiger partial charge in [0.2, 0.25) is 0 Å². The van der Waals surface area contributed by atoms with Gasteiger partial charge in [-0.25, -0.2) is 0 Å². The zero-order valence-corrected chi connectivity index (χ0v) is 16.1. The van der Waals surface area contributed by atoms with Crippen molar-refractivity contribution >= 4 is 17.4 Å². The van der Waals surface area contributed by atoms with Crippen molar-refractivity contribution in [3.8, 4) is 11.8 Å². The van der Waals surface area contributed by atoms with Gasteiger partial charge in [-0.05, 0) is 49.2 Å². The van der Waals surface area contributed by atoms with E-state index in [0.29, 0.717) is 17.0 Å². The number of aliphatic hydroxyl groups excluding tert-OH is 1. The molecule has 27 heavy (non-hydrogen) atoms. The van der Waals surface area contributed by atoms with Crippen molar-refractivity contribution in [1.82, 2.24) is 4.90 Å². The highest BCUT2D eigenvalue weighted by molar-refractivity contribution is 6.31. The molecule has 1 saturated heterocycles. The van der Waals surface area contributed by atoms with Gasteiger partial charge < -0.3 is 5.11 Å². The summed E-state index contributed by atoms with van der Waals surface area (Å²) in [5.41, 5.74) is 2.89. The Kier molecular flexibility index (Phi) is 7.06. The van der Waals surface area contributed by atoms with Gasteiger partial charge in [-0.3, -0.25) is 9.69 Å². The van der Waals surface area contributed by atoms with Gasteiger partial charge in [-0.15, -0.1) is 0 Å². The first-order valence-corrected chi connectivity index (χ1v) is 9.74. The van der Waals surface area contributed by atoms with Crippen LogP contribution in [0.3, 0.4) is 0 Å². The van der Waals surface area contributed by atoms with E-state index in [1.807, 2.05) is 24.3 Å². The van der Waals surface area contributed by atoms with Gasteiger partial charge in [0.1, 0.15) is 0 Å². The fraction of sp³-hybridized carbons (Fsp3) is 0.348. The molecular weight excluding hydrogens is 358 g/mol. The molecule has 0 amide bonds. The molecule has 3 rings (SSSR count). The van der Waals surface area contributed by atoms with E-state index in [0.717, 1.165) is 38.0 Å². The van der Waals surface area contributed by atoms with Gasteiger partial charge in [0, 0.05) is 41.6 Å². The molecule has 3 nitrogen and oxygen atoms in total. The first kappa shape index (κ1) is 19.6. The van der Waals surface area contributed by atoms with Crippen LogP contribution >= 0.6 is 11.6 Å². The maximum atomic E-state index is 12.8. The first-order valence-electron chi connectivity index (χ1n) is 9.36. The van der Waals surface area contributed by atoms with Gasteiger partial charge in [0.05, 0.1) is 6.61 Å². The molecule has 0 aromatic heterocycles. The Morgan fingerprint density at radius 1 is 1.22 bits per heavy atom. The molecule has 1 fully saturated rings. The van der Waals surface area contributed by atoms with Crippen LogP contribution in [0.1, 0.15) is 40.7 Å². The van der Waals surface area contributed by atoms with Crippen molar-refractivity contribution < 1.29 is 9.90 Å². The monoisotopic (exact) mass is 381 g/mol. The minimum Gasteiger partial charge on any atom is -0.395 e. The largest absolute Gasteiger partial charge is 0.395 e. The Morgan fingerprint density at radius 2 is 2.04 bits per heavy atom. The number of carbonyl (C=O) groups excluding carboxylic acids is 1. The minimum absolute atomic E-state index is 0.0286. The molecule has 0 aliphatic carbocycles. The molecule has 1 aliphatic rings. The fourth-order valence-electron chi connectivity index (χ4n) is 3.46. The summed E-state index contributed by atoms with van der Waals surface area (Å²) in [6.07, 6.45) is 2.46. The highest BCUT2D eigenvalue weighted by Crippen LogP contribution is 2.23. The van der Waals surface area contributed by atoms with Crippen LogP contribution in [0.2, 0.25) is 5.02 Å². The van der Waals surface area contributed by atoms with Crippen LogP contribution in [0.15, 0.2) is 48.5 Å². The smallest absolute Gasteiger partial charge is 0.167 e. The summed E-state index contributed by atoms with van der Waals surface area (Å²) < 4.78 is 0. The number of piperidine rings is 1. The molecule has 0 radical (unpaired) electrons. The van der Waals surface area contributed by atoms with E-state index in [9.17, 15) is 4.79 Å². The maximum Gasteiger partial charge on any atom is 0.167 e. The van der Waals surface area contributed by atoms with Crippen LogP contribution in [0.25, 0.3) is 0 Å². The summed E-state index contributed by atoms with van der Waals surface area (Å²) in [5, 5.41) is 9.39. The topological polar surface area (TPSA) is 40.5 Å². The number of halogens is 1. The summed E-state index contributed by atoms with van der Waals surface area (Å²) in [7, 11) is 0. The van der Waals surface area contributed by atoms with Gasteiger partial charge in [-0.1, -0.05) is 47.7 Å². The van der Waals surface area contributed by atoms with E-state index in [1.165, 1.54) is 5.56 Å². The third-order valence-electron chi connectivity index (χ3n) is 4.82. The fourth-order valence-corrected chi connectivity index (χ4v) is 3.65. The average molecular weight is 382 g/mol. The normalized spacial score (nSPS) is 17.2. The second-order valence-corrected chi connectivity index (χ2v) is 7.36. The number of rotatable bonds is 5. The number of benzene rings is 2. The van der Waals surface area contributed by atoms with Crippen molar-refractivity contribution in [2.75, 3.05) is 19.7 Å². The van der Waals surface area contributed by atoms with Gasteiger partial charge in [0.25, 0.3) is 0 Å². The third kappa shape index (κ3) is 5.68. The molecule has 2 aromatic carbocycles. The number of hydrogen-bond acceptors (Lipinski definition) is 3. The molecule has 0 spiro atoms. The molecule has 0 bridgehead atoms. The van der Waals surface area contributed by atoms with Crippen LogP contribution in [-0.4, -0.2) is 35.5 Å². The van der Waals surface area contributed by atoms with Crippen LogP contribution in [-0.2, 0) is 6.54 Å². The van der Waals surface area contributed by atoms with E-state index >= 15 is 0 Å². The first-order chi connectivity index (χ1) is 13.2. The zero-order valence-electron chi connectivity index (χ0n) is 15.3. The van der Waals surface area contributed by atoms with Gasteiger partial charge in [0.15, 0.2) is 5.78 Å². The van der Waals surface area contributed by atoms with E-state index in [2.05, 4.69) is 28.9 Å². The molecule has 4 heteroatoms. The molecule has 1 heterocycles. The number of aliphatic hydroxyl groups is 1. The summed E-state index contributed by atoms with van der Waals surface area (Å²) in [6, 6.07) is 15.4. The third-order valence-corrected chi connectivity index (χ3v) is 5.05. The molecule has 0 saturated carbocycles. The molecule has 140 valence electrons. The highest BCUT2D eigenvalue weighted by Gasteiger charge is 2.26. The van der Waals surface area contributed by atoms with E-state index < -0.39 is 0 Å². The second kappa shape index (κ2) is 9.71. The lowest BCUT2D eigenvalue weighted by Crippen LogP contribution is -2.38. The lowest BCUT2D eigenvalue weighted by atomic mass is 9.90. The Balaban J connectivity index is 1.60. The lowest BCUT2D eigenvalue weighted by Gasteiger charge is -2.32. The van der Waals surface area contributed by atoms with Gasteiger partial charge >= 0.3 is 0 Å². The van der Waals surface area contributed by atoms with Crippen LogP contribution in [0.4, 0.5) is 0 Å². The Hall–Kier alpha value is -2.12.